The van der Waals surface area contributed by atoms with E-state index in [-0.39, 0.29) is 19.0 Å². The Balaban J connectivity index is 1.40. The molecule has 1 aliphatic heterocycles. The van der Waals surface area contributed by atoms with Crippen molar-refractivity contribution in [3.63, 3.8) is 0 Å². The number of carbonyl (C=O) groups excluding carboxylic acids is 2. The van der Waals surface area contributed by atoms with Crippen molar-refractivity contribution in [1.82, 2.24) is 9.80 Å². The molecule has 5 nitrogen and oxygen atoms in total. The molecule has 0 bridgehead atoms. The molecule has 8 heteroatoms. The molecule has 43 heavy (non-hydrogen) atoms. The minimum absolute atomic E-state index is 0.279. The summed E-state index contributed by atoms with van der Waals surface area (Å²) in [7, 11) is 1.32. The predicted molar refractivity (Wildman–Crippen MR) is 160 cm³/mol. The first-order valence-corrected chi connectivity index (χ1v) is 14.3. The van der Waals surface area contributed by atoms with Crippen molar-refractivity contribution >= 4 is 11.9 Å². The summed E-state index contributed by atoms with van der Waals surface area (Å²) in [6.45, 7) is 1.94. The van der Waals surface area contributed by atoms with Gasteiger partial charge in [-0.3, -0.25) is 9.69 Å². The van der Waals surface area contributed by atoms with E-state index >= 15 is 0 Å². The van der Waals surface area contributed by atoms with Crippen LogP contribution in [0.1, 0.15) is 34.3 Å². The van der Waals surface area contributed by atoms with E-state index in [0.29, 0.717) is 16.7 Å². The van der Waals surface area contributed by atoms with E-state index in [9.17, 15) is 22.8 Å². The summed E-state index contributed by atoms with van der Waals surface area (Å²) in [4.78, 5) is 30.9. The van der Waals surface area contributed by atoms with Crippen LogP contribution in [0.3, 0.4) is 0 Å². The lowest BCUT2D eigenvalue weighted by molar-refractivity contribution is -0.146. The standard InChI is InChI=1S/C35H33F3N2O3/c1-43-34(42)32(23-25-9-11-27(12-10-25)26-7-3-2-4-8-26)40(24-39-21-5-6-22-39)33(41)30-15-13-28(14-16-30)29-17-19-31(20-18-29)35(36,37)38/h2-4,7-20,32H,5-6,21-24H2,1H3/t32-/m0/s1. The predicted octanol–water partition coefficient (Wildman–Crippen LogP) is 7.32. The molecule has 4 aromatic carbocycles. The lowest BCUT2D eigenvalue weighted by Crippen LogP contribution is -2.51. The minimum atomic E-state index is -4.41. The van der Waals surface area contributed by atoms with E-state index in [0.717, 1.165) is 54.8 Å². The largest absolute Gasteiger partial charge is 0.467 e. The lowest BCUT2D eigenvalue weighted by atomic mass is 9.99. The van der Waals surface area contributed by atoms with E-state index in [4.69, 9.17) is 4.74 Å². The number of amides is 1. The summed E-state index contributed by atoms with van der Waals surface area (Å²) >= 11 is 0. The summed E-state index contributed by atoms with van der Waals surface area (Å²) < 4.78 is 44.1. The molecule has 0 N–H and O–H groups in total. The van der Waals surface area contributed by atoms with Crippen LogP contribution >= 0.6 is 0 Å². The second kappa shape index (κ2) is 13.3. The van der Waals surface area contributed by atoms with Gasteiger partial charge in [0.15, 0.2) is 0 Å². The minimum Gasteiger partial charge on any atom is -0.467 e. The van der Waals surface area contributed by atoms with Crippen LogP contribution in [-0.4, -0.2) is 54.6 Å². The highest BCUT2D eigenvalue weighted by molar-refractivity contribution is 5.97. The average Bonchev–Trinajstić information content (AvgIpc) is 3.56. The van der Waals surface area contributed by atoms with E-state index in [1.54, 1.807) is 29.2 Å². The summed E-state index contributed by atoms with van der Waals surface area (Å²) in [5.41, 5.74) is 3.98. The zero-order valence-electron chi connectivity index (χ0n) is 23.9. The van der Waals surface area contributed by atoms with Gasteiger partial charge in [-0.05, 0) is 78.0 Å². The highest BCUT2D eigenvalue weighted by atomic mass is 19.4. The molecule has 0 aliphatic carbocycles. The number of halogens is 3. The molecular formula is C35H33F3N2O3. The smallest absolute Gasteiger partial charge is 0.416 e. The molecule has 4 aromatic rings. The number of esters is 1. The third-order valence-electron chi connectivity index (χ3n) is 7.83. The first kappa shape index (κ1) is 30.0. The van der Waals surface area contributed by atoms with Crippen molar-refractivity contribution in [3.05, 3.63) is 120 Å². The molecule has 1 heterocycles. The van der Waals surface area contributed by atoms with Crippen molar-refractivity contribution in [2.24, 2.45) is 0 Å². The average molecular weight is 587 g/mol. The van der Waals surface area contributed by atoms with Crippen LogP contribution in [-0.2, 0) is 22.1 Å². The maximum absolute atomic E-state index is 14.0. The first-order valence-electron chi connectivity index (χ1n) is 14.3. The lowest BCUT2D eigenvalue weighted by Gasteiger charge is -2.33. The van der Waals surface area contributed by atoms with Crippen LogP contribution in [0.2, 0.25) is 0 Å². The normalized spacial score (nSPS) is 14.3. The Morgan fingerprint density at radius 1 is 0.767 bits per heavy atom. The Hall–Kier alpha value is -4.43. The van der Waals surface area contributed by atoms with Crippen LogP contribution in [0.15, 0.2) is 103 Å². The number of methoxy groups -OCH3 is 1. The Bertz CT molecular complexity index is 1510. The number of carbonyl (C=O) groups is 2. The van der Waals surface area contributed by atoms with Gasteiger partial charge in [0.2, 0.25) is 0 Å². The monoisotopic (exact) mass is 586 g/mol. The Kier molecular flexibility index (Phi) is 9.26. The van der Waals surface area contributed by atoms with Crippen molar-refractivity contribution in [2.45, 2.75) is 31.5 Å². The van der Waals surface area contributed by atoms with Crippen molar-refractivity contribution in [1.29, 1.82) is 0 Å². The van der Waals surface area contributed by atoms with Crippen LogP contribution in [0.25, 0.3) is 22.3 Å². The molecule has 5 rings (SSSR count). The van der Waals surface area contributed by atoms with E-state index in [1.807, 2.05) is 54.6 Å². The summed E-state index contributed by atoms with van der Waals surface area (Å²) in [5.74, 6) is -0.816. The number of rotatable bonds is 9. The molecule has 0 unspecified atom stereocenters. The summed E-state index contributed by atoms with van der Waals surface area (Å²) in [6.07, 6.45) is -2.08. The Morgan fingerprint density at radius 3 is 1.81 bits per heavy atom. The molecule has 0 spiro atoms. The topological polar surface area (TPSA) is 49.9 Å². The fourth-order valence-electron chi connectivity index (χ4n) is 5.41. The third kappa shape index (κ3) is 7.32. The number of likely N-dealkylation sites (tertiary alicyclic amines) is 1. The van der Waals surface area contributed by atoms with E-state index in [1.165, 1.54) is 19.2 Å². The maximum Gasteiger partial charge on any atom is 0.416 e. The molecule has 222 valence electrons. The molecule has 0 saturated carbocycles. The van der Waals surface area contributed by atoms with Gasteiger partial charge in [-0.15, -0.1) is 0 Å². The zero-order valence-corrected chi connectivity index (χ0v) is 23.9. The van der Waals surface area contributed by atoms with E-state index in [2.05, 4.69) is 4.90 Å². The number of hydrogen-bond donors (Lipinski definition) is 0. The SMILES string of the molecule is COC(=O)[C@H](Cc1ccc(-c2ccccc2)cc1)N(CN1CCCC1)C(=O)c1ccc(-c2ccc(C(F)(F)F)cc2)cc1. The number of hydrogen-bond acceptors (Lipinski definition) is 4. The van der Waals surface area contributed by atoms with Gasteiger partial charge in [-0.1, -0.05) is 78.9 Å². The highest BCUT2D eigenvalue weighted by Gasteiger charge is 2.34. The molecule has 1 atom stereocenters. The fraction of sp³-hybridized carbons (Fsp3) is 0.257. The van der Waals surface area contributed by atoms with Crippen molar-refractivity contribution in [2.75, 3.05) is 26.9 Å². The second-order valence-corrected chi connectivity index (χ2v) is 10.7. The Labute approximate surface area is 249 Å². The van der Waals surface area contributed by atoms with Gasteiger partial charge in [0.05, 0.1) is 19.3 Å². The van der Waals surface area contributed by atoms with Crippen LogP contribution in [0.5, 0.6) is 0 Å². The molecule has 0 aromatic heterocycles. The second-order valence-electron chi connectivity index (χ2n) is 10.7. The molecular weight excluding hydrogens is 553 g/mol. The van der Waals surface area contributed by atoms with Gasteiger partial charge < -0.3 is 9.64 Å². The fourth-order valence-corrected chi connectivity index (χ4v) is 5.41. The zero-order chi connectivity index (χ0) is 30.4. The quantitative estimate of drug-likeness (QED) is 0.193. The van der Waals surface area contributed by atoms with E-state index < -0.39 is 23.8 Å². The van der Waals surface area contributed by atoms with Gasteiger partial charge in [-0.25, -0.2) is 4.79 Å². The Morgan fingerprint density at radius 2 is 1.28 bits per heavy atom. The molecule has 1 saturated heterocycles. The van der Waals surface area contributed by atoms with Crippen molar-refractivity contribution in [3.8, 4) is 22.3 Å². The molecule has 0 radical (unpaired) electrons. The first-order chi connectivity index (χ1) is 20.7. The van der Waals surface area contributed by atoms with Gasteiger partial charge in [0.1, 0.15) is 6.04 Å². The third-order valence-corrected chi connectivity index (χ3v) is 7.83. The van der Waals surface area contributed by atoms with Crippen molar-refractivity contribution < 1.29 is 27.5 Å². The van der Waals surface area contributed by atoms with Crippen LogP contribution in [0.4, 0.5) is 13.2 Å². The summed E-state index contributed by atoms with van der Waals surface area (Å²) in [6, 6.07) is 28.7. The molecule has 1 fully saturated rings. The van der Waals surface area contributed by atoms with Crippen LogP contribution in [0, 0.1) is 0 Å². The molecule has 1 aliphatic rings. The molecule has 1 amide bonds. The van der Waals surface area contributed by atoms with Gasteiger partial charge in [0, 0.05) is 12.0 Å². The number of benzene rings is 4. The maximum atomic E-state index is 14.0. The highest BCUT2D eigenvalue weighted by Crippen LogP contribution is 2.31. The number of alkyl halides is 3. The van der Waals surface area contributed by atoms with Crippen LogP contribution < -0.4 is 0 Å². The van der Waals surface area contributed by atoms with Gasteiger partial charge >= 0.3 is 12.1 Å². The number of nitrogens with zero attached hydrogens (tertiary/aromatic N) is 2. The summed E-state index contributed by atoms with van der Waals surface area (Å²) in [5, 5.41) is 0. The number of ether oxygens (including phenoxy) is 1. The van der Waals surface area contributed by atoms with Gasteiger partial charge in [0.25, 0.3) is 5.91 Å². The van der Waals surface area contributed by atoms with Gasteiger partial charge in [-0.2, -0.15) is 13.2 Å².